The molecule has 2 saturated heterocycles. The van der Waals surface area contributed by atoms with Crippen molar-refractivity contribution < 1.29 is 23.5 Å². The molecule has 9 nitrogen and oxygen atoms in total. The fourth-order valence-electron chi connectivity index (χ4n) is 5.19. The van der Waals surface area contributed by atoms with Gasteiger partial charge < -0.3 is 20.3 Å². The third kappa shape index (κ3) is 5.45. The van der Waals surface area contributed by atoms with Crippen LogP contribution in [0.1, 0.15) is 51.9 Å². The Bertz CT molecular complexity index is 1090. The highest BCUT2D eigenvalue weighted by molar-refractivity contribution is 5.90. The van der Waals surface area contributed by atoms with Gasteiger partial charge in [0.2, 0.25) is 11.8 Å². The number of amides is 3. The molecule has 3 amide bonds. The molecule has 0 aromatic heterocycles. The number of cyclic esters (lactones) is 1. The molecule has 2 atom stereocenters. The molecule has 10 heteroatoms. The highest BCUT2D eigenvalue weighted by Gasteiger charge is 2.37. The Morgan fingerprint density at radius 1 is 1.28 bits per heavy atom. The van der Waals surface area contributed by atoms with Gasteiger partial charge in [0, 0.05) is 25.1 Å². The number of nitriles is 1. The van der Waals surface area contributed by atoms with E-state index in [0.717, 1.165) is 19.3 Å². The largest absolute Gasteiger partial charge is 0.442 e. The van der Waals surface area contributed by atoms with Gasteiger partial charge in [0.05, 0.1) is 30.5 Å². The monoisotopic (exact) mass is 497 g/mol. The van der Waals surface area contributed by atoms with Crippen LogP contribution in [0.4, 0.5) is 20.6 Å². The first-order chi connectivity index (χ1) is 17.2. The third-order valence-electron chi connectivity index (χ3n) is 7.21. The number of nitrogens with one attached hydrogen (secondary N) is 2. The number of hydrogen-bond donors (Lipinski definition) is 2. The highest BCUT2D eigenvalue weighted by Crippen LogP contribution is 2.35. The SMILES string of the molecule is C=C1CC(C(=O)NC2(C#N)CCCCC2)CCN1c1ccc(N2C[C@H](CNC(C)=O)OC2=O)cc1F. The number of halogens is 1. The van der Waals surface area contributed by atoms with E-state index in [0.29, 0.717) is 49.3 Å². The summed E-state index contributed by atoms with van der Waals surface area (Å²) in [4.78, 5) is 39.4. The minimum Gasteiger partial charge on any atom is -0.442 e. The molecule has 3 aliphatic rings. The Kier molecular flexibility index (Phi) is 7.48. The van der Waals surface area contributed by atoms with Crippen LogP contribution in [0.15, 0.2) is 30.5 Å². The van der Waals surface area contributed by atoms with E-state index in [9.17, 15) is 19.6 Å². The topological polar surface area (TPSA) is 115 Å². The summed E-state index contributed by atoms with van der Waals surface area (Å²) in [7, 11) is 0. The molecule has 0 spiro atoms. The van der Waals surface area contributed by atoms with Gasteiger partial charge in [-0.05, 0) is 43.9 Å². The Balaban J connectivity index is 1.38. The molecule has 192 valence electrons. The van der Waals surface area contributed by atoms with Crippen molar-refractivity contribution in [3.8, 4) is 6.07 Å². The maximum Gasteiger partial charge on any atom is 0.414 e. The molecular formula is C26H32FN5O4. The van der Waals surface area contributed by atoms with Crippen LogP contribution >= 0.6 is 0 Å². The number of allylic oxidation sites excluding steroid dienone is 1. The van der Waals surface area contributed by atoms with Crippen LogP contribution in [0.25, 0.3) is 0 Å². The first-order valence-corrected chi connectivity index (χ1v) is 12.4. The molecule has 3 fully saturated rings. The van der Waals surface area contributed by atoms with Crippen molar-refractivity contribution in [2.45, 2.75) is 63.5 Å². The first-order valence-electron chi connectivity index (χ1n) is 12.4. The molecule has 1 aromatic carbocycles. The van der Waals surface area contributed by atoms with E-state index in [1.165, 1.54) is 17.9 Å². The number of anilines is 2. The molecule has 2 aliphatic heterocycles. The summed E-state index contributed by atoms with van der Waals surface area (Å²) in [6.07, 6.45) is 4.06. The Labute approximate surface area is 210 Å². The lowest BCUT2D eigenvalue weighted by Gasteiger charge is -2.37. The molecule has 1 unspecified atom stereocenters. The average Bonchev–Trinajstić information content (AvgIpc) is 3.24. The first kappa shape index (κ1) is 25.5. The Hall–Kier alpha value is -3.61. The van der Waals surface area contributed by atoms with Crippen molar-refractivity contribution in [2.24, 2.45) is 5.92 Å². The zero-order valence-corrected chi connectivity index (χ0v) is 20.5. The smallest absolute Gasteiger partial charge is 0.414 e. The van der Waals surface area contributed by atoms with Crippen molar-refractivity contribution in [3.63, 3.8) is 0 Å². The number of rotatable bonds is 6. The summed E-state index contributed by atoms with van der Waals surface area (Å²) < 4.78 is 20.4. The number of carbonyl (C=O) groups is 3. The predicted molar refractivity (Wildman–Crippen MR) is 131 cm³/mol. The zero-order valence-electron chi connectivity index (χ0n) is 20.5. The molecule has 1 saturated carbocycles. The lowest BCUT2D eigenvalue weighted by atomic mass is 9.82. The Morgan fingerprint density at radius 3 is 2.67 bits per heavy atom. The lowest BCUT2D eigenvalue weighted by Crippen LogP contribution is -2.51. The second-order valence-corrected chi connectivity index (χ2v) is 9.84. The van der Waals surface area contributed by atoms with Crippen LogP contribution in [-0.2, 0) is 14.3 Å². The molecular weight excluding hydrogens is 465 g/mol. The van der Waals surface area contributed by atoms with Gasteiger partial charge in [-0.15, -0.1) is 0 Å². The van der Waals surface area contributed by atoms with Crippen molar-refractivity contribution in [2.75, 3.05) is 29.4 Å². The maximum atomic E-state index is 15.2. The van der Waals surface area contributed by atoms with Gasteiger partial charge in [0.15, 0.2) is 0 Å². The van der Waals surface area contributed by atoms with Crippen molar-refractivity contribution in [3.05, 3.63) is 36.3 Å². The highest BCUT2D eigenvalue weighted by atomic mass is 19.1. The second kappa shape index (κ2) is 10.6. The normalized spacial score (nSPS) is 23.6. The van der Waals surface area contributed by atoms with Crippen LogP contribution in [-0.4, -0.2) is 49.2 Å². The van der Waals surface area contributed by atoms with Crippen molar-refractivity contribution >= 4 is 29.3 Å². The third-order valence-corrected chi connectivity index (χ3v) is 7.21. The fraction of sp³-hybridized carbons (Fsp3) is 0.538. The van der Waals surface area contributed by atoms with E-state index in [4.69, 9.17) is 4.74 Å². The fourth-order valence-corrected chi connectivity index (χ4v) is 5.19. The summed E-state index contributed by atoms with van der Waals surface area (Å²) in [6.45, 7) is 6.27. The number of piperidine rings is 1. The summed E-state index contributed by atoms with van der Waals surface area (Å²) in [5.41, 5.74) is 0.526. The molecule has 2 heterocycles. The van der Waals surface area contributed by atoms with Gasteiger partial charge in [-0.25, -0.2) is 9.18 Å². The molecule has 1 aromatic rings. The minimum absolute atomic E-state index is 0.142. The van der Waals surface area contributed by atoms with Crippen LogP contribution in [0, 0.1) is 23.1 Å². The van der Waals surface area contributed by atoms with Gasteiger partial charge >= 0.3 is 6.09 Å². The summed E-state index contributed by atoms with van der Waals surface area (Å²) in [6, 6.07) is 6.84. The van der Waals surface area contributed by atoms with Gasteiger partial charge in [-0.3, -0.25) is 14.5 Å². The van der Waals surface area contributed by atoms with Crippen LogP contribution in [0.5, 0.6) is 0 Å². The summed E-state index contributed by atoms with van der Waals surface area (Å²) in [5.74, 6) is -1.19. The van der Waals surface area contributed by atoms with E-state index >= 15 is 4.39 Å². The van der Waals surface area contributed by atoms with Crippen LogP contribution in [0.2, 0.25) is 0 Å². The van der Waals surface area contributed by atoms with Gasteiger partial charge in [0.25, 0.3) is 0 Å². The quantitative estimate of drug-likeness (QED) is 0.623. The number of benzene rings is 1. The molecule has 36 heavy (non-hydrogen) atoms. The molecule has 0 radical (unpaired) electrons. The number of carbonyl (C=O) groups excluding carboxylic acids is 3. The van der Waals surface area contributed by atoms with E-state index < -0.39 is 23.6 Å². The average molecular weight is 498 g/mol. The van der Waals surface area contributed by atoms with E-state index in [-0.39, 0.29) is 30.8 Å². The molecule has 2 N–H and O–H groups in total. The van der Waals surface area contributed by atoms with Crippen LogP contribution < -0.4 is 20.4 Å². The van der Waals surface area contributed by atoms with Gasteiger partial charge in [0.1, 0.15) is 17.5 Å². The number of hydrogen-bond acceptors (Lipinski definition) is 6. The predicted octanol–water partition coefficient (Wildman–Crippen LogP) is 3.36. The minimum atomic E-state index is -0.784. The number of nitrogens with zero attached hydrogens (tertiary/aromatic N) is 3. The van der Waals surface area contributed by atoms with Gasteiger partial charge in [-0.2, -0.15) is 5.26 Å². The van der Waals surface area contributed by atoms with Crippen molar-refractivity contribution in [1.29, 1.82) is 5.26 Å². The summed E-state index contributed by atoms with van der Waals surface area (Å²) >= 11 is 0. The zero-order chi connectivity index (χ0) is 25.9. The molecule has 4 rings (SSSR count). The standard InChI is InChI=1S/C26H32FN5O4/c1-17-12-19(24(34)30-26(16-28)9-4-3-5-10-26)8-11-31(17)23-7-6-20(13-22(23)27)32-15-21(36-25(32)35)14-29-18(2)33/h6-7,13,19,21H,1,3-5,8-12,14-15H2,2H3,(H,29,33)(H,30,34)/t19?,21-/m0/s1. The van der Waals surface area contributed by atoms with Crippen LogP contribution in [0.3, 0.4) is 0 Å². The Morgan fingerprint density at radius 2 is 2.03 bits per heavy atom. The molecule has 0 bridgehead atoms. The van der Waals surface area contributed by atoms with Gasteiger partial charge in [-0.1, -0.05) is 25.8 Å². The summed E-state index contributed by atoms with van der Waals surface area (Å²) in [5, 5.41) is 15.3. The van der Waals surface area contributed by atoms with E-state index in [1.54, 1.807) is 17.0 Å². The second-order valence-electron chi connectivity index (χ2n) is 9.84. The number of ether oxygens (including phenoxy) is 1. The maximum absolute atomic E-state index is 15.2. The van der Waals surface area contributed by atoms with E-state index in [2.05, 4.69) is 23.3 Å². The molecule has 1 aliphatic carbocycles. The van der Waals surface area contributed by atoms with E-state index in [1.807, 2.05) is 0 Å². The van der Waals surface area contributed by atoms with Crippen molar-refractivity contribution in [1.82, 2.24) is 10.6 Å². The lowest BCUT2D eigenvalue weighted by molar-refractivity contribution is -0.127.